The summed E-state index contributed by atoms with van der Waals surface area (Å²) in [6, 6.07) is -0.710. The predicted molar refractivity (Wildman–Crippen MR) is 264 cm³/mol. The molecule has 0 aliphatic heterocycles. The molecular weight excluding hydrogens is 755 g/mol. The molecule has 0 aliphatic carbocycles. The molecule has 6 nitrogen and oxygen atoms in total. The van der Waals surface area contributed by atoms with Crippen molar-refractivity contribution in [1.29, 1.82) is 0 Å². The van der Waals surface area contributed by atoms with Gasteiger partial charge in [-0.05, 0) is 83.5 Å². The zero-order chi connectivity index (χ0) is 44.5. The van der Waals surface area contributed by atoms with E-state index in [1.807, 2.05) is 0 Å². The molecule has 0 spiro atoms. The SMILES string of the molecule is CCC/C=C\CCCCCCCC(=O)OC(CCCCCC/C=C\C/C=C\C/C=C\CCCCC)CC(=O)NC(CO)C(O)CCCCCCCCCCCCCCCCC. The lowest BCUT2D eigenvalue weighted by molar-refractivity contribution is -0.151. The number of esters is 1. The van der Waals surface area contributed by atoms with Crippen molar-refractivity contribution in [3.05, 3.63) is 48.6 Å². The van der Waals surface area contributed by atoms with E-state index in [2.05, 4.69) is 74.7 Å². The van der Waals surface area contributed by atoms with E-state index in [-0.39, 0.29) is 24.9 Å². The van der Waals surface area contributed by atoms with Crippen LogP contribution in [0.3, 0.4) is 0 Å². The Morgan fingerprint density at radius 3 is 1.38 bits per heavy atom. The number of rotatable bonds is 47. The lowest BCUT2D eigenvalue weighted by Crippen LogP contribution is -2.46. The molecule has 3 atom stereocenters. The third-order valence-corrected chi connectivity index (χ3v) is 11.9. The van der Waals surface area contributed by atoms with Crippen molar-refractivity contribution in [3.8, 4) is 0 Å². The van der Waals surface area contributed by atoms with Gasteiger partial charge in [-0.15, -0.1) is 0 Å². The second-order valence-electron chi connectivity index (χ2n) is 17.9. The number of nitrogens with one attached hydrogen (secondary N) is 1. The molecule has 61 heavy (non-hydrogen) atoms. The summed E-state index contributed by atoms with van der Waals surface area (Å²) in [6.07, 6.45) is 58.8. The van der Waals surface area contributed by atoms with Gasteiger partial charge in [0.15, 0.2) is 0 Å². The number of aliphatic hydroxyl groups is 2. The van der Waals surface area contributed by atoms with Gasteiger partial charge in [0.05, 0.1) is 25.2 Å². The van der Waals surface area contributed by atoms with Gasteiger partial charge in [-0.2, -0.15) is 0 Å². The number of carbonyl (C=O) groups excluding carboxylic acids is 2. The first-order valence-electron chi connectivity index (χ1n) is 26.4. The molecule has 3 N–H and O–H groups in total. The van der Waals surface area contributed by atoms with Crippen LogP contribution in [-0.4, -0.2) is 46.9 Å². The van der Waals surface area contributed by atoms with Crippen molar-refractivity contribution in [2.45, 2.75) is 283 Å². The number of ether oxygens (including phenoxy) is 1. The van der Waals surface area contributed by atoms with Crippen molar-refractivity contribution in [2.75, 3.05) is 6.61 Å². The smallest absolute Gasteiger partial charge is 0.306 e. The highest BCUT2D eigenvalue weighted by atomic mass is 16.5. The highest BCUT2D eigenvalue weighted by molar-refractivity contribution is 5.77. The zero-order valence-electron chi connectivity index (χ0n) is 40.5. The lowest BCUT2D eigenvalue weighted by atomic mass is 10.0. The fourth-order valence-corrected chi connectivity index (χ4v) is 7.85. The predicted octanol–water partition coefficient (Wildman–Crippen LogP) is 15.8. The van der Waals surface area contributed by atoms with Crippen molar-refractivity contribution in [1.82, 2.24) is 5.32 Å². The summed E-state index contributed by atoms with van der Waals surface area (Å²) in [7, 11) is 0. The average Bonchev–Trinajstić information content (AvgIpc) is 3.25. The molecule has 3 unspecified atom stereocenters. The van der Waals surface area contributed by atoms with Crippen LogP contribution in [0.4, 0.5) is 0 Å². The molecular formula is C55H101NO5. The minimum Gasteiger partial charge on any atom is -0.462 e. The fraction of sp³-hybridized carbons (Fsp3) is 0.818. The molecule has 0 rings (SSSR count). The Morgan fingerprint density at radius 2 is 0.869 bits per heavy atom. The second kappa shape index (κ2) is 48.8. The van der Waals surface area contributed by atoms with E-state index in [1.54, 1.807) is 0 Å². The zero-order valence-corrected chi connectivity index (χ0v) is 40.5. The van der Waals surface area contributed by atoms with Gasteiger partial charge in [-0.25, -0.2) is 0 Å². The highest BCUT2D eigenvalue weighted by Crippen LogP contribution is 2.18. The highest BCUT2D eigenvalue weighted by Gasteiger charge is 2.24. The summed E-state index contributed by atoms with van der Waals surface area (Å²) in [5.41, 5.74) is 0. The average molecular weight is 856 g/mol. The number of hydrogen-bond donors (Lipinski definition) is 3. The maximum atomic E-state index is 13.2. The van der Waals surface area contributed by atoms with Crippen LogP contribution < -0.4 is 5.32 Å². The van der Waals surface area contributed by atoms with Gasteiger partial charge in [0.25, 0.3) is 0 Å². The van der Waals surface area contributed by atoms with Crippen LogP contribution in [0.1, 0.15) is 265 Å². The van der Waals surface area contributed by atoms with Crippen LogP contribution >= 0.6 is 0 Å². The van der Waals surface area contributed by atoms with E-state index < -0.39 is 18.2 Å². The maximum Gasteiger partial charge on any atom is 0.306 e. The van der Waals surface area contributed by atoms with Gasteiger partial charge in [0.1, 0.15) is 6.10 Å². The summed E-state index contributed by atoms with van der Waals surface area (Å²) in [5.74, 6) is -0.503. The molecule has 0 saturated carbocycles. The molecule has 0 bridgehead atoms. The largest absolute Gasteiger partial charge is 0.462 e. The summed E-state index contributed by atoms with van der Waals surface area (Å²) in [6.45, 7) is 6.40. The molecule has 0 radical (unpaired) electrons. The van der Waals surface area contributed by atoms with Crippen LogP contribution in [0, 0.1) is 0 Å². The number of hydrogen-bond acceptors (Lipinski definition) is 5. The number of aliphatic hydroxyl groups excluding tert-OH is 2. The molecule has 1 amide bonds. The van der Waals surface area contributed by atoms with Crippen molar-refractivity contribution < 1.29 is 24.5 Å². The minimum atomic E-state index is -0.795. The first kappa shape index (κ1) is 58.8. The van der Waals surface area contributed by atoms with Gasteiger partial charge in [0, 0.05) is 6.42 Å². The van der Waals surface area contributed by atoms with Crippen molar-refractivity contribution >= 4 is 11.9 Å². The number of amides is 1. The summed E-state index contributed by atoms with van der Waals surface area (Å²) < 4.78 is 5.91. The molecule has 0 aliphatic rings. The Kier molecular flexibility index (Phi) is 47.1. The van der Waals surface area contributed by atoms with Gasteiger partial charge < -0.3 is 20.3 Å². The third kappa shape index (κ3) is 44.2. The standard InChI is InChI=1S/C55H101NO5/c1-4-7-10-13-16-19-22-24-26-27-29-30-32-34-37-40-43-46-51(61-55(60)48-45-42-39-36-21-18-15-12-9-6-3)49-54(59)56-52(50-57)53(58)47-44-41-38-35-33-31-28-25-23-20-17-14-11-8-5-2/h12,15-16,19,24,26,29-30,51-53,57-58H,4-11,13-14,17-18,20-23,25,27-28,31-50H2,1-3H3,(H,56,59)/b15-12-,19-16-,26-24-,30-29-. The van der Waals surface area contributed by atoms with E-state index in [0.717, 1.165) is 96.3 Å². The quantitative estimate of drug-likeness (QED) is 0.0322. The second-order valence-corrected chi connectivity index (χ2v) is 17.9. The lowest BCUT2D eigenvalue weighted by Gasteiger charge is -2.24. The maximum absolute atomic E-state index is 13.2. The molecule has 0 aromatic rings. The minimum absolute atomic E-state index is 0.0599. The molecule has 0 aromatic heterocycles. The monoisotopic (exact) mass is 856 g/mol. The first-order chi connectivity index (χ1) is 30.0. The Hall–Kier alpha value is -2.18. The Balaban J connectivity index is 4.58. The molecule has 0 aromatic carbocycles. The molecule has 6 heteroatoms. The fourth-order valence-electron chi connectivity index (χ4n) is 7.85. The van der Waals surface area contributed by atoms with Gasteiger partial charge >= 0.3 is 5.97 Å². The van der Waals surface area contributed by atoms with Crippen LogP contribution in [0.5, 0.6) is 0 Å². The number of unbranched alkanes of at least 4 members (excludes halogenated alkanes) is 27. The molecule has 0 saturated heterocycles. The van der Waals surface area contributed by atoms with E-state index in [0.29, 0.717) is 19.3 Å². The summed E-state index contributed by atoms with van der Waals surface area (Å²) in [5, 5.41) is 23.8. The molecule has 0 fully saturated rings. The molecule has 356 valence electrons. The van der Waals surface area contributed by atoms with Crippen molar-refractivity contribution in [3.63, 3.8) is 0 Å². The van der Waals surface area contributed by atoms with Gasteiger partial charge in [0.2, 0.25) is 5.91 Å². The Morgan fingerprint density at radius 1 is 0.475 bits per heavy atom. The topological polar surface area (TPSA) is 95.9 Å². The Bertz CT molecular complexity index is 1050. The third-order valence-electron chi connectivity index (χ3n) is 11.9. The first-order valence-corrected chi connectivity index (χ1v) is 26.4. The number of carbonyl (C=O) groups is 2. The van der Waals surface area contributed by atoms with Crippen LogP contribution in [0.25, 0.3) is 0 Å². The number of allylic oxidation sites excluding steroid dienone is 8. The van der Waals surface area contributed by atoms with E-state index in [1.165, 1.54) is 122 Å². The summed E-state index contributed by atoms with van der Waals surface area (Å²) in [4.78, 5) is 26.1. The van der Waals surface area contributed by atoms with E-state index in [4.69, 9.17) is 4.74 Å². The molecule has 0 heterocycles. The van der Waals surface area contributed by atoms with Crippen molar-refractivity contribution in [2.24, 2.45) is 0 Å². The summed E-state index contributed by atoms with van der Waals surface area (Å²) >= 11 is 0. The van der Waals surface area contributed by atoms with Crippen LogP contribution in [-0.2, 0) is 14.3 Å². The van der Waals surface area contributed by atoms with Gasteiger partial charge in [-0.3, -0.25) is 9.59 Å². The van der Waals surface area contributed by atoms with Crippen LogP contribution in [0.15, 0.2) is 48.6 Å². The van der Waals surface area contributed by atoms with E-state index >= 15 is 0 Å². The normalized spacial score (nSPS) is 13.6. The van der Waals surface area contributed by atoms with E-state index in [9.17, 15) is 19.8 Å². The van der Waals surface area contributed by atoms with Gasteiger partial charge in [-0.1, -0.05) is 217 Å². The Labute approximate surface area is 378 Å². The van der Waals surface area contributed by atoms with Crippen LogP contribution in [0.2, 0.25) is 0 Å².